The number of hydrogen-bond acceptors (Lipinski definition) is 2. The molecule has 3 heteroatoms. The average Bonchev–Trinajstić information content (AvgIpc) is 2.82. The van der Waals surface area contributed by atoms with Crippen molar-refractivity contribution >= 4 is 11.6 Å². The van der Waals surface area contributed by atoms with E-state index in [9.17, 15) is 0 Å². The third-order valence-electron chi connectivity index (χ3n) is 2.93. The first kappa shape index (κ1) is 6.84. The third-order valence-corrected chi connectivity index (χ3v) is 3.12. The fourth-order valence-electron chi connectivity index (χ4n) is 2.17. The third kappa shape index (κ3) is 0.876. The molecule has 1 heterocycles. The maximum atomic E-state index is 5.76. The molecule has 1 aromatic rings. The van der Waals surface area contributed by atoms with Gasteiger partial charge in [-0.1, -0.05) is 11.6 Å². The summed E-state index contributed by atoms with van der Waals surface area (Å²) in [6, 6.07) is 1.97. The molecule has 3 rings (SSSR count). The van der Waals surface area contributed by atoms with E-state index in [4.69, 9.17) is 11.6 Å². The zero-order valence-electron chi connectivity index (χ0n) is 6.63. The van der Waals surface area contributed by atoms with E-state index in [1.54, 1.807) is 0 Å². The molecule has 0 saturated heterocycles. The summed E-state index contributed by atoms with van der Waals surface area (Å²) in [5.41, 5.74) is 2.55. The van der Waals surface area contributed by atoms with Crippen LogP contribution in [-0.4, -0.2) is 10.2 Å². The first-order valence-corrected chi connectivity index (χ1v) is 4.74. The Morgan fingerprint density at radius 3 is 3.25 bits per heavy atom. The van der Waals surface area contributed by atoms with Crippen LogP contribution in [0.4, 0.5) is 0 Å². The lowest BCUT2D eigenvalue weighted by molar-refractivity contribution is 0.645. The molecule has 2 atom stereocenters. The first-order chi connectivity index (χ1) is 5.84. The van der Waals surface area contributed by atoms with Crippen molar-refractivity contribution in [1.82, 2.24) is 10.2 Å². The van der Waals surface area contributed by atoms with Crippen molar-refractivity contribution in [2.45, 2.75) is 25.2 Å². The van der Waals surface area contributed by atoms with Crippen LogP contribution in [0, 0.1) is 5.92 Å². The summed E-state index contributed by atoms with van der Waals surface area (Å²) in [6.45, 7) is 0. The lowest BCUT2D eigenvalue weighted by Crippen LogP contribution is -2.05. The monoisotopic (exact) mass is 180 g/mol. The zero-order chi connectivity index (χ0) is 8.13. The Balaban J connectivity index is 2.12. The molecule has 0 N–H and O–H groups in total. The molecule has 0 aliphatic heterocycles. The predicted molar refractivity (Wildman–Crippen MR) is 46.2 cm³/mol. The number of hydrogen-bond donors (Lipinski definition) is 0. The van der Waals surface area contributed by atoms with Gasteiger partial charge >= 0.3 is 0 Å². The van der Waals surface area contributed by atoms with Crippen LogP contribution in [0.2, 0.25) is 5.15 Å². The molecule has 1 aromatic heterocycles. The quantitative estimate of drug-likeness (QED) is 0.612. The predicted octanol–water partition coefficient (Wildman–Crippen LogP) is 2.18. The highest BCUT2D eigenvalue weighted by molar-refractivity contribution is 6.29. The second-order valence-electron chi connectivity index (χ2n) is 3.72. The topological polar surface area (TPSA) is 25.8 Å². The van der Waals surface area contributed by atoms with E-state index in [0.29, 0.717) is 5.15 Å². The minimum absolute atomic E-state index is 0.535. The molecular formula is C9H9ClN2. The molecule has 1 saturated carbocycles. The van der Waals surface area contributed by atoms with Crippen LogP contribution < -0.4 is 0 Å². The molecule has 0 amide bonds. The highest BCUT2D eigenvalue weighted by atomic mass is 35.5. The highest BCUT2D eigenvalue weighted by Crippen LogP contribution is 2.53. The zero-order valence-corrected chi connectivity index (χ0v) is 7.38. The van der Waals surface area contributed by atoms with Crippen LogP contribution in [-0.2, 0) is 6.42 Å². The minimum Gasteiger partial charge on any atom is -0.154 e. The molecule has 2 aliphatic rings. The molecule has 0 spiro atoms. The highest BCUT2D eigenvalue weighted by Gasteiger charge is 2.43. The minimum atomic E-state index is 0.535. The number of nitrogens with zero attached hydrogens (tertiary/aromatic N) is 2. The van der Waals surface area contributed by atoms with Crippen LogP contribution in [0.3, 0.4) is 0 Å². The van der Waals surface area contributed by atoms with Gasteiger partial charge in [0.1, 0.15) is 0 Å². The summed E-state index contributed by atoms with van der Waals surface area (Å²) in [5, 5.41) is 8.58. The van der Waals surface area contributed by atoms with Gasteiger partial charge in [0.2, 0.25) is 0 Å². The Labute approximate surface area is 76.0 Å². The number of aromatic nitrogens is 2. The van der Waals surface area contributed by atoms with Gasteiger partial charge in [-0.15, -0.1) is 5.10 Å². The second-order valence-corrected chi connectivity index (χ2v) is 4.11. The average molecular weight is 181 g/mol. The van der Waals surface area contributed by atoms with Crippen molar-refractivity contribution in [3.05, 3.63) is 22.5 Å². The Bertz CT molecular complexity index is 337. The fourth-order valence-corrected chi connectivity index (χ4v) is 2.34. The summed E-state index contributed by atoms with van der Waals surface area (Å²) >= 11 is 5.76. The van der Waals surface area contributed by atoms with Gasteiger partial charge in [0.25, 0.3) is 0 Å². The van der Waals surface area contributed by atoms with E-state index in [2.05, 4.69) is 10.2 Å². The second kappa shape index (κ2) is 2.19. The SMILES string of the molecule is Clc1cc2c(nn1)C1CC1CC2. The molecule has 62 valence electrons. The van der Waals surface area contributed by atoms with E-state index in [1.165, 1.54) is 24.1 Å². The summed E-state index contributed by atoms with van der Waals surface area (Å²) in [6.07, 6.45) is 3.79. The van der Waals surface area contributed by atoms with E-state index < -0.39 is 0 Å². The smallest absolute Gasteiger partial charge is 0.152 e. The Morgan fingerprint density at radius 2 is 2.33 bits per heavy atom. The van der Waals surface area contributed by atoms with Gasteiger partial charge in [0.15, 0.2) is 5.15 Å². The van der Waals surface area contributed by atoms with Crippen LogP contribution in [0.25, 0.3) is 0 Å². The molecule has 2 aliphatic carbocycles. The van der Waals surface area contributed by atoms with Crippen LogP contribution in [0.1, 0.15) is 30.0 Å². The van der Waals surface area contributed by atoms with Crippen LogP contribution in [0.5, 0.6) is 0 Å². The van der Waals surface area contributed by atoms with E-state index >= 15 is 0 Å². The van der Waals surface area contributed by atoms with E-state index in [-0.39, 0.29) is 0 Å². The molecule has 12 heavy (non-hydrogen) atoms. The maximum Gasteiger partial charge on any atom is 0.152 e. The largest absolute Gasteiger partial charge is 0.154 e. The Kier molecular flexibility index (Phi) is 1.25. The van der Waals surface area contributed by atoms with Gasteiger partial charge in [-0.2, -0.15) is 5.10 Å². The summed E-state index contributed by atoms with van der Waals surface area (Å²) < 4.78 is 0. The first-order valence-electron chi connectivity index (χ1n) is 4.36. The van der Waals surface area contributed by atoms with Crippen molar-refractivity contribution in [3.8, 4) is 0 Å². The molecule has 0 aromatic carbocycles. The standard InChI is InChI=1S/C9H9ClN2/c10-8-4-6-2-1-5-3-7(5)9(6)12-11-8/h4-5,7H,1-3H2. The molecule has 0 radical (unpaired) electrons. The van der Waals surface area contributed by atoms with Crippen LogP contribution in [0.15, 0.2) is 6.07 Å². The van der Waals surface area contributed by atoms with Gasteiger partial charge < -0.3 is 0 Å². The van der Waals surface area contributed by atoms with Gasteiger partial charge in [-0.05, 0) is 36.8 Å². The number of halogens is 1. The summed E-state index contributed by atoms with van der Waals surface area (Å²) in [5.74, 6) is 1.63. The van der Waals surface area contributed by atoms with Crippen molar-refractivity contribution in [2.75, 3.05) is 0 Å². The van der Waals surface area contributed by atoms with Gasteiger partial charge in [-0.25, -0.2) is 0 Å². The van der Waals surface area contributed by atoms with Crippen molar-refractivity contribution in [1.29, 1.82) is 0 Å². The van der Waals surface area contributed by atoms with E-state index in [0.717, 1.165) is 18.3 Å². The van der Waals surface area contributed by atoms with Crippen molar-refractivity contribution < 1.29 is 0 Å². The molecule has 2 unspecified atom stereocenters. The Hall–Kier alpha value is -0.630. The normalized spacial score (nSPS) is 30.8. The number of aryl methyl sites for hydroxylation is 1. The fraction of sp³-hybridized carbons (Fsp3) is 0.556. The van der Waals surface area contributed by atoms with Crippen molar-refractivity contribution in [2.24, 2.45) is 5.92 Å². The maximum absolute atomic E-state index is 5.76. The summed E-state index contributed by atoms with van der Waals surface area (Å²) in [7, 11) is 0. The van der Waals surface area contributed by atoms with Gasteiger partial charge in [0.05, 0.1) is 5.69 Å². The van der Waals surface area contributed by atoms with Gasteiger partial charge in [0, 0.05) is 5.92 Å². The molecule has 0 bridgehead atoms. The van der Waals surface area contributed by atoms with Gasteiger partial charge in [-0.3, -0.25) is 0 Å². The molecule has 1 fully saturated rings. The molecular weight excluding hydrogens is 172 g/mol. The number of rotatable bonds is 0. The summed E-state index contributed by atoms with van der Waals surface area (Å²) in [4.78, 5) is 0. The Morgan fingerprint density at radius 1 is 1.42 bits per heavy atom. The number of fused-ring (bicyclic) bond motifs is 3. The van der Waals surface area contributed by atoms with Crippen molar-refractivity contribution in [3.63, 3.8) is 0 Å². The lowest BCUT2D eigenvalue weighted by atomic mass is 9.97. The lowest BCUT2D eigenvalue weighted by Gasteiger charge is -2.12. The van der Waals surface area contributed by atoms with E-state index in [1.807, 2.05) is 6.07 Å². The molecule has 2 nitrogen and oxygen atoms in total. The van der Waals surface area contributed by atoms with Crippen LogP contribution >= 0.6 is 11.6 Å².